The van der Waals surface area contributed by atoms with Gasteiger partial charge in [0.2, 0.25) is 0 Å². The van der Waals surface area contributed by atoms with Gasteiger partial charge in [0, 0.05) is 11.4 Å². The Kier molecular flexibility index (Phi) is 3.34. The third kappa shape index (κ3) is 6.21. The summed E-state index contributed by atoms with van der Waals surface area (Å²) in [5.41, 5.74) is -0.805. The molecule has 5 heteroatoms. The Hall–Kier alpha value is 0.210. The van der Waals surface area contributed by atoms with Gasteiger partial charge in [0.05, 0.1) is 0 Å². The number of aliphatic hydroxyl groups excluding tert-OH is 1. The highest BCUT2D eigenvalue weighted by atomic mass is 32.7. The maximum atomic E-state index is 9.65. The van der Waals surface area contributed by atoms with E-state index in [2.05, 4.69) is 0 Å². The monoisotopic (exact) mass is 140 g/mol. The van der Waals surface area contributed by atoms with Crippen LogP contribution in [0, 0.1) is 0 Å². The molecule has 42 valence electrons. The van der Waals surface area contributed by atoms with E-state index >= 15 is 0 Å². The Morgan fingerprint density at radius 1 is 1.71 bits per heavy atom. The Bertz CT molecular complexity index is 99.5. The molecule has 1 N–H and O–H groups in total. The molecule has 0 fully saturated rings. The van der Waals surface area contributed by atoms with Gasteiger partial charge < -0.3 is 5.11 Å². The molecule has 0 aromatic rings. The summed E-state index contributed by atoms with van der Waals surface area (Å²) < 4.78 is 19.3. The van der Waals surface area contributed by atoms with E-state index in [1.54, 1.807) is 0 Å². The van der Waals surface area contributed by atoms with Gasteiger partial charge in [-0.1, -0.05) is 0 Å². The Labute approximate surface area is 45.7 Å². The van der Waals surface area contributed by atoms with E-state index in [9.17, 15) is 9.13 Å². The predicted molar refractivity (Wildman–Crippen MR) is 27.6 cm³/mol. The molecule has 1 atom stereocenters. The molecule has 0 heterocycles. The SMILES string of the molecule is CC(O)SP(=O)=O. The first kappa shape index (κ1) is 7.21. The first-order valence-electron chi connectivity index (χ1n) is 1.62. The molecule has 0 aliphatic rings. The van der Waals surface area contributed by atoms with E-state index in [4.69, 9.17) is 5.11 Å². The van der Waals surface area contributed by atoms with Gasteiger partial charge >= 0.3 is 6.88 Å². The molecule has 0 aliphatic carbocycles. The van der Waals surface area contributed by atoms with Crippen molar-refractivity contribution in [2.75, 3.05) is 0 Å². The normalized spacial score (nSPS) is 13.4. The molecular formula is C2H5O3PS. The van der Waals surface area contributed by atoms with E-state index < -0.39 is 12.3 Å². The summed E-state index contributed by atoms with van der Waals surface area (Å²) in [6.45, 7) is -1.07. The summed E-state index contributed by atoms with van der Waals surface area (Å²) in [6.07, 6.45) is 0. The van der Waals surface area contributed by atoms with Crippen LogP contribution in [0.1, 0.15) is 6.92 Å². The zero-order valence-corrected chi connectivity index (χ0v) is 5.41. The second-order valence-electron chi connectivity index (χ2n) is 0.928. The summed E-state index contributed by atoms with van der Waals surface area (Å²) in [5, 5.41) is 8.30. The smallest absolute Gasteiger partial charge is 0.380 e. The van der Waals surface area contributed by atoms with Crippen molar-refractivity contribution in [3.8, 4) is 0 Å². The van der Waals surface area contributed by atoms with Crippen molar-refractivity contribution < 1.29 is 14.2 Å². The molecule has 0 bridgehead atoms. The van der Waals surface area contributed by atoms with Crippen molar-refractivity contribution in [1.29, 1.82) is 0 Å². The van der Waals surface area contributed by atoms with Crippen LogP contribution < -0.4 is 0 Å². The molecular weight excluding hydrogens is 135 g/mol. The van der Waals surface area contributed by atoms with Crippen LogP contribution in [0.3, 0.4) is 0 Å². The molecule has 0 spiro atoms. The maximum Gasteiger partial charge on any atom is 0.380 e. The Morgan fingerprint density at radius 3 is 2.14 bits per heavy atom. The zero-order valence-electron chi connectivity index (χ0n) is 3.70. The first-order valence-corrected chi connectivity index (χ1v) is 4.28. The highest BCUT2D eigenvalue weighted by Crippen LogP contribution is 2.28. The van der Waals surface area contributed by atoms with Gasteiger partial charge in [-0.2, -0.15) is 0 Å². The maximum absolute atomic E-state index is 9.65. The standard InChI is InChI=1S/C2H5O3PS/c1-2(3)7-6(4)5/h2-3H,1H3. The van der Waals surface area contributed by atoms with Gasteiger partial charge in [0.1, 0.15) is 5.44 Å². The van der Waals surface area contributed by atoms with Crippen molar-refractivity contribution in [1.82, 2.24) is 0 Å². The second kappa shape index (κ2) is 3.24. The van der Waals surface area contributed by atoms with Crippen LogP contribution >= 0.6 is 18.3 Å². The van der Waals surface area contributed by atoms with Gasteiger partial charge in [-0.15, -0.1) is 0 Å². The van der Waals surface area contributed by atoms with Crippen LogP contribution in [0.4, 0.5) is 0 Å². The van der Waals surface area contributed by atoms with Gasteiger partial charge in [0.15, 0.2) is 0 Å². The van der Waals surface area contributed by atoms with E-state index in [1.807, 2.05) is 0 Å². The molecule has 0 saturated carbocycles. The van der Waals surface area contributed by atoms with Crippen LogP contribution in [-0.2, 0) is 9.13 Å². The second-order valence-corrected chi connectivity index (χ2v) is 3.80. The van der Waals surface area contributed by atoms with E-state index in [0.29, 0.717) is 11.4 Å². The molecule has 0 aromatic heterocycles. The van der Waals surface area contributed by atoms with Crippen molar-refractivity contribution in [2.24, 2.45) is 0 Å². The summed E-state index contributed by atoms with van der Waals surface area (Å²) in [6, 6.07) is 0. The fourth-order valence-electron chi connectivity index (χ4n) is 0.125. The first-order chi connectivity index (χ1) is 3.13. The molecule has 0 aliphatic heterocycles. The third-order valence-electron chi connectivity index (χ3n) is 0.239. The molecule has 0 saturated heterocycles. The number of aliphatic hydroxyl groups is 1. The molecule has 0 rings (SSSR count). The minimum atomic E-state index is -2.47. The lowest BCUT2D eigenvalue weighted by Crippen LogP contribution is -1.84. The third-order valence-corrected chi connectivity index (χ3v) is 2.15. The fourth-order valence-corrected chi connectivity index (χ4v) is 1.12. The predicted octanol–water partition coefficient (Wildman–Crippen LogP) is 1.15. The molecule has 0 amide bonds. The number of rotatable bonds is 2. The Balaban J connectivity index is 3.32. The fraction of sp³-hybridized carbons (Fsp3) is 1.00. The topological polar surface area (TPSA) is 54.4 Å². The molecule has 0 aromatic carbocycles. The van der Waals surface area contributed by atoms with Gasteiger partial charge in [-0.25, -0.2) is 9.13 Å². The van der Waals surface area contributed by atoms with E-state index in [1.165, 1.54) is 6.92 Å². The Morgan fingerprint density at radius 2 is 2.14 bits per heavy atom. The summed E-state index contributed by atoms with van der Waals surface area (Å²) in [5.74, 6) is 0. The van der Waals surface area contributed by atoms with Crippen LogP contribution in [-0.4, -0.2) is 10.5 Å². The zero-order chi connectivity index (χ0) is 5.86. The summed E-state index contributed by atoms with van der Waals surface area (Å²) >= 11 is 0.519. The molecule has 1 unspecified atom stereocenters. The van der Waals surface area contributed by atoms with Crippen molar-refractivity contribution in [3.05, 3.63) is 0 Å². The van der Waals surface area contributed by atoms with Gasteiger partial charge in [-0.05, 0) is 6.92 Å². The summed E-state index contributed by atoms with van der Waals surface area (Å²) in [7, 11) is 0. The lowest BCUT2D eigenvalue weighted by atomic mass is 10.9. The molecule has 0 radical (unpaired) electrons. The molecule has 3 nitrogen and oxygen atoms in total. The van der Waals surface area contributed by atoms with Crippen molar-refractivity contribution >= 4 is 18.3 Å². The van der Waals surface area contributed by atoms with Crippen LogP contribution in [0.15, 0.2) is 0 Å². The lowest BCUT2D eigenvalue weighted by molar-refractivity contribution is 0.285. The quantitative estimate of drug-likeness (QED) is 0.461. The van der Waals surface area contributed by atoms with Gasteiger partial charge in [0.25, 0.3) is 0 Å². The van der Waals surface area contributed by atoms with Crippen molar-refractivity contribution in [3.63, 3.8) is 0 Å². The van der Waals surface area contributed by atoms with Crippen molar-refractivity contribution in [2.45, 2.75) is 12.4 Å². The lowest BCUT2D eigenvalue weighted by Gasteiger charge is -1.88. The highest BCUT2D eigenvalue weighted by molar-refractivity contribution is 8.48. The minimum absolute atomic E-state index is 0.519. The average molecular weight is 140 g/mol. The largest absolute Gasteiger partial charge is 0.382 e. The van der Waals surface area contributed by atoms with Crippen LogP contribution in [0.2, 0.25) is 0 Å². The van der Waals surface area contributed by atoms with Gasteiger partial charge in [-0.3, -0.25) is 0 Å². The van der Waals surface area contributed by atoms with E-state index in [0.717, 1.165) is 0 Å². The highest BCUT2D eigenvalue weighted by Gasteiger charge is 1.97. The average Bonchev–Trinajstić information content (AvgIpc) is 1.27. The minimum Gasteiger partial charge on any atom is -0.382 e. The number of hydrogen-bond donors (Lipinski definition) is 1. The van der Waals surface area contributed by atoms with E-state index in [-0.39, 0.29) is 0 Å². The van der Waals surface area contributed by atoms with Crippen LogP contribution in [0.25, 0.3) is 0 Å². The summed E-state index contributed by atoms with van der Waals surface area (Å²) in [4.78, 5) is 0. The molecule has 7 heavy (non-hydrogen) atoms. The van der Waals surface area contributed by atoms with Crippen LogP contribution in [0.5, 0.6) is 0 Å². The number of hydrogen-bond acceptors (Lipinski definition) is 4.